The van der Waals surface area contributed by atoms with Gasteiger partial charge in [-0.2, -0.15) is 0 Å². The van der Waals surface area contributed by atoms with Crippen LogP contribution < -0.4 is 0 Å². The summed E-state index contributed by atoms with van der Waals surface area (Å²) < 4.78 is 14.8. The summed E-state index contributed by atoms with van der Waals surface area (Å²) >= 11 is 0. The monoisotopic (exact) mass is 292 g/mol. The van der Waals surface area contributed by atoms with Crippen molar-refractivity contribution in [3.63, 3.8) is 0 Å². The minimum absolute atomic E-state index is 0.122. The standard InChI is InChI=1S/C21H21F/c1-3-4-5-16-8-12-20-18(14-16)11-13-19(21(20)22)17-9-6-15(2)7-10-17/h6-14H,3-5H2,1-2H3. The number of aryl methyl sites for hydroxylation is 2. The Bertz CT molecular complexity index is 785. The fraction of sp³-hybridized carbons (Fsp3) is 0.238. The Labute approximate surface area is 131 Å². The topological polar surface area (TPSA) is 0 Å². The fourth-order valence-electron chi connectivity index (χ4n) is 2.83. The molecule has 0 fully saturated rings. The molecule has 0 nitrogen and oxygen atoms in total. The zero-order chi connectivity index (χ0) is 15.5. The van der Waals surface area contributed by atoms with E-state index in [0.717, 1.165) is 17.4 Å². The first-order valence-electron chi connectivity index (χ1n) is 7.97. The molecule has 0 saturated heterocycles. The molecule has 0 bridgehead atoms. The molecule has 0 unspecified atom stereocenters. The van der Waals surface area contributed by atoms with E-state index in [9.17, 15) is 4.39 Å². The molecule has 0 amide bonds. The summed E-state index contributed by atoms with van der Waals surface area (Å²) in [6.45, 7) is 4.23. The van der Waals surface area contributed by atoms with Crippen molar-refractivity contribution < 1.29 is 4.39 Å². The van der Waals surface area contributed by atoms with Crippen molar-refractivity contribution in [2.45, 2.75) is 33.1 Å². The highest BCUT2D eigenvalue weighted by Crippen LogP contribution is 2.30. The Morgan fingerprint density at radius 3 is 2.41 bits per heavy atom. The van der Waals surface area contributed by atoms with Crippen molar-refractivity contribution >= 4 is 10.8 Å². The van der Waals surface area contributed by atoms with Gasteiger partial charge in [-0.15, -0.1) is 0 Å². The lowest BCUT2D eigenvalue weighted by molar-refractivity contribution is 0.643. The summed E-state index contributed by atoms with van der Waals surface area (Å²) in [6.07, 6.45) is 3.42. The van der Waals surface area contributed by atoms with Gasteiger partial charge in [0.05, 0.1) is 0 Å². The minimum Gasteiger partial charge on any atom is -0.206 e. The van der Waals surface area contributed by atoms with Crippen LogP contribution in [-0.4, -0.2) is 0 Å². The largest absolute Gasteiger partial charge is 0.206 e. The van der Waals surface area contributed by atoms with E-state index in [2.05, 4.69) is 19.1 Å². The van der Waals surface area contributed by atoms with Crippen molar-refractivity contribution in [1.29, 1.82) is 0 Å². The highest BCUT2D eigenvalue weighted by molar-refractivity contribution is 5.88. The van der Waals surface area contributed by atoms with Crippen LogP contribution >= 0.6 is 0 Å². The van der Waals surface area contributed by atoms with Gasteiger partial charge in [-0.05, 0) is 36.3 Å². The Morgan fingerprint density at radius 1 is 0.909 bits per heavy atom. The third-order valence-electron chi connectivity index (χ3n) is 4.20. The summed E-state index contributed by atoms with van der Waals surface area (Å²) in [5.74, 6) is -0.122. The van der Waals surface area contributed by atoms with Crippen LogP contribution in [0.5, 0.6) is 0 Å². The molecule has 3 aromatic carbocycles. The third kappa shape index (κ3) is 2.89. The maximum absolute atomic E-state index is 14.8. The molecule has 112 valence electrons. The number of halogens is 1. The number of hydrogen-bond acceptors (Lipinski definition) is 0. The van der Waals surface area contributed by atoms with Crippen LogP contribution in [0.15, 0.2) is 54.6 Å². The maximum atomic E-state index is 14.8. The van der Waals surface area contributed by atoms with E-state index in [4.69, 9.17) is 0 Å². The molecule has 0 heterocycles. The molecule has 0 aliphatic carbocycles. The first-order valence-corrected chi connectivity index (χ1v) is 7.97. The SMILES string of the molecule is CCCCc1ccc2c(F)c(-c3ccc(C)cc3)ccc2c1. The lowest BCUT2D eigenvalue weighted by Gasteiger charge is -2.09. The number of unbranched alkanes of at least 4 members (excludes halogenated alkanes) is 1. The van der Waals surface area contributed by atoms with Crippen molar-refractivity contribution in [3.8, 4) is 11.1 Å². The third-order valence-corrected chi connectivity index (χ3v) is 4.20. The summed E-state index contributed by atoms with van der Waals surface area (Å²) in [5, 5.41) is 1.69. The van der Waals surface area contributed by atoms with Crippen LogP contribution in [0, 0.1) is 12.7 Å². The molecule has 0 N–H and O–H groups in total. The second kappa shape index (κ2) is 6.31. The second-order valence-corrected chi connectivity index (χ2v) is 5.95. The first-order chi connectivity index (χ1) is 10.7. The molecule has 0 aliphatic rings. The van der Waals surface area contributed by atoms with Gasteiger partial charge in [-0.1, -0.05) is 73.5 Å². The van der Waals surface area contributed by atoms with E-state index in [1.807, 2.05) is 49.4 Å². The van der Waals surface area contributed by atoms with Gasteiger partial charge in [0.2, 0.25) is 0 Å². The molecule has 0 saturated carbocycles. The van der Waals surface area contributed by atoms with Gasteiger partial charge in [0.25, 0.3) is 0 Å². The number of hydrogen-bond donors (Lipinski definition) is 0. The zero-order valence-electron chi connectivity index (χ0n) is 13.2. The molecule has 22 heavy (non-hydrogen) atoms. The van der Waals surface area contributed by atoms with Gasteiger partial charge >= 0.3 is 0 Å². The Hall–Kier alpha value is -2.15. The van der Waals surface area contributed by atoms with Crippen LogP contribution in [0.4, 0.5) is 4.39 Å². The van der Waals surface area contributed by atoms with Crippen molar-refractivity contribution in [2.75, 3.05) is 0 Å². The molecule has 0 aromatic heterocycles. The summed E-state index contributed by atoms with van der Waals surface area (Å²) in [4.78, 5) is 0. The Morgan fingerprint density at radius 2 is 1.68 bits per heavy atom. The number of fused-ring (bicyclic) bond motifs is 1. The van der Waals surface area contributed by atoms with E-state index in [1.54, 1.807) is 0 Å². The van der Waals surface area contributed by atoms with Gasteiger partial charge in [0, 0.05) is 10.9 Å². The Kier molecular flexibility index (Phi) is 4.24. The molecule has 3 aromatic rings. The molecular weight excluding hydrogens is 271 g/mol. The zero-order valence-corrected chi connectivity index (χ0v) is 13.2. The van der Waals surface area contributed by atoms with Gasteiger partial charge in [-0.25, -0.2) is 4.39 Å². The van der Waals surface area contributed by atoms with Crippen LogP contribution in [0.2, 0.25) is 0 Å². The van der Waals surface area contributed by atoms with Crippen LogP contribution in [0.1, 0.15) is 30.9 Å². The Balaban J connectivity index is 2.04. The summed E-state index contributed by atoms with van der Waals surface area (Å²) in [6, 6.07) is 18.0. The van der Waals surface area contributed by atoms with Gasteiger partial charge in [-0.3, -0.25) is 0 Å². The van der Waals surface area contributed by atoms with Crippen LogP contribution in [-0.2, 0) is 6.42 Å². The molecular formula is C21H21F. The number of benzene rings is 3. The average Bonchev–Trinajstić information content (AvgIpc) is 2.54. The molecule has 0 atom stereocenters. The fourth-order valence-corrected chi connectivity index (χ4v) is 2.83. The normalized spacial score (nSPS) is 11.0. The number of rotatable bonds is 4. The highest BCUT2D eigenvalue weighted by atomic mass is 19.1. The smallest absolute Gasteiger partial charge is 0.138 e. The average molecular weight is 292 g/mol. The highest BCUT2D eigenvalue weighted by Gasteiger charge is 2.09. The summed E-state index contributed by atoms with van der Waals surface area (Å²) in [5.41, 5.74) is 4.08. The minimum atomic E-state index is -0.122. The molecule has 0 spiro atoms. The maximum Gasteiger partial charge on any atom is 0.138 e. The molecule has 0 radical (unpaired) electrons. The second-order valence-electron chi connectivity index (χ2n) is 5.95. The van der Waals surface area contributed by atoms with E-state index in [1.165, 1.54) is 24.0 Å². The molecule has 3 rings (SSSR count). The van der Waals surface area contributed by atoms with Crippen molar-refractivity contribution in [1.82, 2.24) is 0 Å². The van der Waals surface area contributed by atoms with E-state index < -0.39 is 0 Å². The van der Waals surface area contributed by atoms with Crippen molar-refractivity contribution in [3.05, 3.63) is 71.5 Å². The van der Waals surface area contributed by atoms with Gasteiger partial charge in [0.15, 0.2) is 0 Å². The molecule has 1 heteroatoms. The van der Waals surface area contributed by atoms with Gasteiger partial charge in [0.1, 0.15) is 5.82 Å². The summed E-state index contributed by atoms with van der Waals surface area (Å²) in [7, 11) is 0. The lowest BCUT2D eigenvalue weighted by Crippen LogP contribution is -1.90. The van der Waals surface area contributed by atoms with Crippen LogP contribution in [0.3, 0.4) is 0 Å². The van der Waals surface area contributed by atoms with Crippen LogP contribution in [0.25, 0.3) is 21.9 Å². The van der Waals surface area contributed by atoms with Crippen molar-refractivity contribution in [2.24, 2.45) is 0 Å². The predicted molar refractivity (Wildman–Crippen MR) is 92.7 cm³/mol. The lowest BCUT2D eigenvalue weighted by atomic mass is 9.97. The van der Waals surface area contributed by atoms with E-state index in [0.29, 0.717) is 10.9 Å². The quantitative estimate of drug-likeness (QED) is 0.529. The molecule has 0 aliphatic heterocycles. The van der Waals surface area contributed by atoms with E-state index >= 15 is 0 Å². The first kappa shape index (κ1) is 14.8. The van der Waals surface area contributed by atoms with E-state index in [-0.39, 0.29) is 5.82 Å². The predicted octanol–water partition coefficient (Wildman–Crippen LogP) is 6.30. The van der Waals surface area contributed by atoms with Gasteiger partial charge < -0.3 is 0 Å².